The summed E-state index contributed by atoms with van der Waals surface area (Å²) in [5.74, 6) is -0.962. The molecule has 0 spiro atoms. The number of hydrogen-bond donors (Lipinski definition) is 1. The zero-order valence-corrected chi connectivity index (χ0v) is 12.0. The molecule has 0 radical (unpaired) electrons. The van der Waals surface area contributed by atoms with Crippen molar-refractivity contribution >= 4 is 22.4 Å². The summed E-state index contributed by atoms with van der Waals surface area (Å²) in [5.41, 5.74) is 0.815. The van der Waals surface area contributed by atoms with E-state index >= 15 is 0 Å². The Balaban J connectivity index is 2.20. The monoisotopic (exact) mass is 319 g/mol. The Morgan fingerprint density at radius 2 is 1.61 bits per heavy atom. The number of rotatable bonds is 2. The second kappa shape index (κ2) is 5.42. The van der Waals surface area contributed by atoms with Gasteiger partial charge in [0.2, 0.25) is 5.82 Å². The molecule has 4 nitrogen and oxygen atoms in total. The number of fused-ring (bicyclic) bond motifs is 1. The van der Waals surface area contributed by atoms with Gasteiger partial charge in [-0.25, -0.2) is 9.97 Å². The lowest BCUT2D eigenvalue weighted by Gasteiger charge is -2.21. The standard InChI is InChI=1S/C16H12F3N3O/c1-22(10-6-8-11(23)9-7-10)14-12-4-2-3-5-13(12)20-15(21-14)16(17,18)19/h2-9,23H,1H3. The van der Waals surface area contributed by atoms with Crippen LogP contribution in [-0.4, -0.2) is 22.1 Å². The van der Waals surface area contributed by atoms with Crippen molar-refractivity contribution in [1.82, 2.24) is 9.97 Å². The molecule has 0 amide bonds. The van der Waals surface area contributed by atoms with E-state index in [-0.39, 0.29) is 17.1 Å². The topological polar surface area (TPSA) is 49.2 Å². The highest BCUT2D eigenvalue weighted by atomic mass is 19.4. The Hall–Kier alpha value is -2.83. The molecule has 0 atom stereocenters. The molecule has 0 bridgehead atoms. The van der Waals surface area contributed by atoms with Crippen LogP contribution >= 0.6 is 0 Å². The maximum atomic E-state index is 13.0. The first kappa shape index (κ1) is 15.1. The molecule has 0 saturated heterocycles. The molecule has 0 saturated carbocycles. The number of anilines is 2. The average molecular weight is 319 g/mol. The van der Waals surface area contributed by atoms with Gasteiger partial charge in [-0.2, -0.15) is 13.2 Å². The molecule has 1 heterocycles. The average Bonchev–Trinajstić information content (AvgIpc) is 2.53. The summed E-state index contributed by atoms with van der Waals surface area (Å²) in [7, 11) is 1.61. The summed E-state index contributed by atoms with van der Waals surface area (Å²) in [6.45, 7) is 0. The van der Waals surface area contributed by atoms with Crippen molar-refractivity contribution in [1.29, 1.82) is 0 Å². The van der Waals surface area contributed by atoms with E-state index in [0.717, 1.165) is 0 Å². The fourth-order valence-corrected chi connectivity index (χ4v) is 2.24. The van der Waals surface area contributed by atoms with Gasteiger partial charge in [-0.05, 0) is 36.4 Å². The molecule has 0 aliphatic heterocycles. The van der Waals surface area contributed by atoms with E-state index in [1.54, 1.807) is 37.4 Å². The SMILES string of the molecule is CN(c1ccc(O)cc1)c1nc(C(F)(F)F)nc2ccccc12. The molecule has 0 aliphatic carbocycles. The van der Waals surface area contributed by atoms with Gasteiger partial charge in [0, 0.05) is 18.1 Å². The van der Waals surface area contributed by atoms with Crippen molar-refractivity contribution in [3.8, 4) is 5.75 Å². The number of nitrogens with zero attached hydrogens (tertiary/aromatic N) is 3. The molecule has 118 valence electrons. The Morgan fingerprint density at radius 1 is 0.957 bits per heavy atom. The maximum absolute atomic E-state index is 13.0. The van der Waals surface area contributed by atoms with E-state index in [9.17, 15) is 18.3 Å². The van der Waals surface area contributed by atoms with Crippen LogP contribution in [-0.2, 0) is 6.18 Å². The van der Waals surface area contributed by atoms with Gasteiger partial charge in [0.1, 0.15) is 11.6 Å². The first-order chi connectivity index (χ1) is 10.9. The number of para-hydroxylation sites is 1. The number of hydrogen-bond acceptors (Lipinski definition) is 4. The lowest BCUT2D eigenvalue weighted by molar-refractivity contribution is -0.144. The summed E-state index contributed by atoms with van der Waals surface area (Å²) < 4.78 is 39.1. The van der Waals surface area contributed by atoms with E-state index in [2.05, 4.69) is 9.97 Å². The van der Waals surface area contributed by atoms with Crippen LogP contribution in [0, 0.1) is 0 Å². The van der Waals surface area contributed by atoms with Gasteiger partial charge < -0.3 is 10.0 Å². The Labute approximate surface area is 129 Å². The minimum atomic E-state index is -4.63. The van der Waals surface area contributed by atoms with Gasteiger partial charge in [0.15, 0.2) is 0 Å². The van der Waals surface area contributed by atoms with E-state index in [0.29, 0.717) is 11.1 Å². The number of aromatic hydroxyl groups is 1. The minimum Gasteiger partial charge on any atom is -0.508 e. The Bertz CT molecular complexity index is 847. The summed E-state index contributed by atoms with van der Waals surface area (Å²) in [4.78, 5) is 8.82. The second-order valence-corrected chi connectivity index (χ2v) is 4.96. The molecule has 3 rings (SSSR count). The first-order valence-corrected chi connectivity index (χ1v) is 6.73. The van der Waals surface area contributed by atoms with Gasteiger partial charge >= 0.3 is 6.18 Å². The number of benzene rings is 2. The van der Waals surface area contributed by atoms with Crippen molar-refractivity contribution in [2.75, 3.05) is 11.9 Å². The molecule has 1 aromatic heterocycles. The fraction of sp³-hybridized carbons (Fsp3) is 0.125. The Kier molecular flexibility index (Phi) is 3.55. The van der Waals surface area contributed by atoms with Crippen LogP contribution in [0.3, 0.4) is 0 Å². The third-order valence-corrected chi connectivity index (χ3v) is 3.39. The number of phenols is 1. The van der Waals surface area contributed by atoms with Crippen LogP contribution in [0.25, 0.3) is 10.9 Å². The number of halogens is 3. The van der Waals surface area contributed by atoms with E-state index in [1.807, 2.05) is 0 Å². The minimum absolute atomic E-state index is 0.0747. The fourth-order valence-electron chi connectivity index (χ4n) is 2.24. The molecule has 2 aromatic carbocycles. The molecule has 0 aliphatic rings. The van der Waals surface area contributed by atoms with Crippen LogP contribution in [0.15, 0.2) is 48.5 Å². The van der Waals surface area contributed by atoms with Gasteiger partial charge in [-0.3, -0.25) is 0 Å². The predicted molar refractivity (Wildman–Crippen MR) is 80.7 cm³/mol. The van der Waals surface area contributed by atoms with Gasteiger partial charge in [0.05, 0.1) is 5.52 Å². The zero-order valence-electron chi connectivity index (χ0n) is 12.0. The summed E-state index contributed by atoms with van der Waals surface area (Å²) in [5, 5.41) is 9.85. The highest BCUT2D eigenvalue weighted by molar-refractivity contribution is 5.91. The van der Waals surface area contributed by atoms with Crippen molar-refractivity contribution in [3.63, 3.8) is 0 Å². The number of phenolic OH excluding ortho intramolecular Hbond substituents is 1. The molecule has 23 heavy (non-hydrogen) atoms. The van der Waals surface area contributed by atoms with Crippen LogP contribution < -0.4 is 4.90 Å². The molecular formula is C16H12F3N3O. The molecule has 0 unspecified atom stereocenters. The van der Waals surface area contributed by atoms with Crippen molar-refractivity contribution < 1.29 is 18.3 Å². The summed E-state index contributed by atoms with van der Waals surface area (Å²) in [6, 6.07) is 12.6. The molecular weight excluding hydrogens is 307 g/mol. The summed E-state index contributed by atoms with van der Waals surface area (Å²) in [6.07, 6.45) is -4.63. The summed E-state index contributed by atoms with van der Waals surface area (Å²) >= 11 is 0. The maximum Gasteiger partial charge on any atom is 0.451 e. The molecule has 0 fully saturated rings. The van der Waals surface area contributed by atoms with E-state index < -0.39 is 12.0 Å². The molecule has 7 heteroatoms. The normalized spacial score (nSPS) is 11.7. The predicted octanol–water partition coefficient (Wildman–Crippen LogP) is 4.12. The number of alkyl halides is 3. The van der Waals surface area contributed by atoms with Gasteiger partial charge in [0.25, 0.3) is 0 Å². The first-order valence-electron chi connectivity index (χ1n) is 6.73. The lowest BCUT2D eigenvalue weighted by atomic mass is 10.2. The Morgan fingerprint density at radius 3 is 2.26 bits per heavy atom. The van der Waals surface area contributed by atoms with Crippen LogP contribution in [0.1, 0.15) is 5.82 Å². The molecule has 1 N–H and O–H groups in total. The van der Waals surface area contributed by atoms with Crippen molar-refractivity contribution in [2.45, 2.75) is 6.18 Å². The largest absolute Gasteiger partial charge is 0.508 e. The number of aromatic nitrogens is 2. The van der Waals surface area contributed by atoms with Crippen LogP contribution in [0.5, 0.6) is 5.75 Å². The second-order valence-electron chi connectivity index (χ2n) is 4.96. The highest BCUT2D eigenvalue weighted by Gasteiger charge is 2.36. The quantitative estimate of drug-likeness (QED) is 0.772. The lowest BCUT2D eigenvalue weighted by Crippen LogP contribution is -2.17. The van der Waals surface area contributed by atoms with Gasteiger partial charge in [-0.1, -0.05) is 12.1 Å². The zero-order chi connectivity index (χ0) is 16.6. The molecule has 3 aromatic rings. The van der Waals surface area contributed by atoms with E-state index in [4.69, 9.17) is 0 Å². The van der Waals surface area contributed by atoms with Crippen molar-refractivity contribution in [2.24, 2.45) is 0 Å². The van der Waals surface area contributed by atoms with Gasteiger partial charge in [-0.15, -0.1) is 0 Å². The van der Waals surface area contributed by atoms with Crippen LogP contribution in [0.2, 0.25) is 0 Å². The third kappa shape index (κ3) is 2.90. The smallest absolute Gasteiger partial charge is 0.451 e. The van der Waals surface area contributed by atoms with E-state index in [1.165, 1.54) is 23.1 Å². The third-order valence-electron chi connectivity index (χ3n) is 3.39. The highest BCUT2D eigenvalue weighted by Crippen LogP contribution is 2.34. The van der Waals surface area contributed by atoms with Crippen LogP contribution in [0.4, 0.5) is 24.7 Å². The van der Waals surface area contributed by atoms with Crippen molar-refractivity contribution in [3.05, 3.63) is 54.4 Å².